The van der Waals surface area contributed by atoms with Gasteiger partial charge in [0.2, 0.25) is 5.91 Å². The van der Waals surface area contributed by atoms with Gasteiger partial charge in [0.1, 0.15) is 5.75 Å². The van der Waals surface area contributed by atoms with Crippen molar-refractivity contribution in [3.8, 4) is 5.75 Å². The van der Waals surface area contributed by atoms with Crippen molar-refractivity contribution in [3.05, 3.63) is 42.5 Å². The minimum Gasteiger partial charge on any atom is -0.497 e. The van der Waals surface area contributed by atoms with Gasteiger partial charge in [0, 0.05) is 0 Å². The maximum atomic E-state index is 11.8. The predicted octanol–water partition coefficient (Wildman–Crippen LogP) is 1.01. The van der Waals surface area contributed by atoms with Crippen LogP contribution in [0.1, 0.15) is 5.56 Å². The largest absolute Gasteiger partial charge is 0.497 e. The van der Waals surface area contributed by atoms with Crippen molar-refractivity contribution < 1.29 is 24.2 Å². The highest BCUT2D eigenvalue weighted by Gasteiger charge is 2.20. The topological polar surface area (TPSA) is 84.9 Å². The van der Waals surface area contributed by atoms with Crippen LogP contribution in [0.5, 0.6) is 5.75 Å². The van der Waals surface area contributed by atoms with Crippen LogP contribution in [0.2, 0.25) is 0 Å². The Morgan fingerprint density at radius 2 is 2.05 bits per heavy atom. The molecule has 0 heterocycles. The number of benzene rings is 1. The number of hydrogen-bond donors (Lipinski definition) is 2. The summed E-state index contributed by atoms with van der Waals surface area (Å²) in [6.45, 7) is 3.60. The summed E-state index contributed by atoms with van der Waals surface area (Å²) in [5, 5.41) is 11.4. The van der Waals surface area contributed by atoms with Crippen LogP contribution in [0.3, 0.4) is 0 Å². The van der Waals surface area contributed by atoms with Crippen LogP contribution in [0.15, 0.2) is 36.9 Å². The molecule has 114 valence electrons. The van der Waals surface area contributed by atoms with Gasteiger partial charge in [-0.2, -0.15) is 0 Å². The van der Waals surface area contributed by atoms with Crippen molar-refractivity contribution in [1.29, 1.82) is 0 Å². The van der Waals surface area contributed by atoms with E-state index < -0.39 is 12.0 Å². The summed E-state index contributed by atoms with van der Waals surface area (Å²) in [4.78, 5) is 22.9. The van der Waals surface area contributed by atoms with Gasteiger partial charge in [0.25, 0.3) is 0 Å². The Bertz CT molecular complexity index is 483. The molecule has 0 bridgehead atoms. The molecule has 0 aromatic heterocycles. The summed E-state index contributed by atoms with van der Waals surface area (Å²) < 4.78 is 10.1. The number of carbonyl (C=O) groups excluding carboxylic acids is 1. The minimum atomic E-state index is -1.14. The van der Waals surface area contributed by atoms with E-state index in [0.717, 1.165) is 5.56 Å². The molecule has 0 spiro atoms. The van der Waals surface area contributed by atoms with Crippen LogP contribution in [0.25, 0.3) is 0 Å². The average molecular weight is 293 g/mol. The number of rotatable bonds is 9. The van der Waals surface area contributed by atoms with E-state index in [2.05, 4.69) is 11.9 Å². The molecule has 1 amide bonds. The molecule has 1 unspecified atom stereocenters. The van der Waals surface area contributed by atoms with E-state index in [4.69, 9.17) is 14.6 Å². The molecule has 1 rings (SSSR count). The van der Waals surface area contributed by atoms with Crippen molar-refractivity contribution in [3.63, 3.8) is 0 Å². The number of carboxylic acids is 1. The number of nitrogens with one attached hydrogen (secondary N) is 1. The lowest BCUT2D eigenvalue weighted by Gasteiger charge is -2.14. The monoisotopic (exact) mass is 293 g/mol. The van der Waals surface area contributed by atoms with Gasteiger partial charge < -0.3 is 19.9 Å². The van der Waals surface area contributed by atoms with E-state index in [9.17, 15) is 9.59 Å². The van der Waals surface area contributed by atoms with E-state index in [1.165, 1.54) is 6.08 Å². The highest BCUT2D eigenvalue weighted by molar-refractivity contribution is 5.84. The normalized spacial score (nSPS) is 11.5. The summed E-state index contributed by atoms with van der Waals surface area (Å²) in [7, 11) is 1.56. The third-order valence-electron chi connectivity index (χ3n) is 2.68. The molecule has 0 fully saturated rings. The molecule has 0 aliphatic heterocycles. The van der Waals surface area contributed by atoms with E-state index in [-0.39, 0.29) is 25.5 Å². The van der Waals surface area contributed by atoms with Gasteiger partial charge in [0.15, 0.2) is 6.04 Å². The number of carbonyl (C=O) groups is 2. The third-order valence-corrected chi connectivity index (χ3v) is 2.68. The first-order valence-electron chi connectivity index (χ1n) is 6.40. The third kappa shape index (κ3) is 6.09. The summed E-state index contributed by atoms with van der Waals surface area (Å²) in [5.74, 6) is -0.822. The Balaban J connectivity index is 2.52. The van der Waals surface area contributed by atoms with Crippen molar-refractivity contribution in [1.82, 2.24) is 5.32 Å². The van der Waals surface area contributed by atoms with Crippen LogP contribution in [-0.2, 0) is 20.7 Å². The van der Waals surface area contributed by atoms with Crippen molar-refractivity contribution >= 4 is 11.9 Å². The molecule has 1 atom stereocenters. The van der Waals surface area contributed by atoms with E-state index in [0.29, 0.717) is 5.75 Å². The van der Waals surface area contributed by atoms with Gasteiger partial charge in [-0.05, 0) is 17.7 Å². The molecule has 6 heteroatoms. The first-order chi connectivity index (χ1) is 10.1. The quantitative estimate of drug-likeness (QED) is 0.524. The summed E-state index contributed by atoms with van der Waals surface area (Å²) in [6, 6.07) is 5.91. The minimum absolute atomic E-state index is 0.0925. The lowest BCUT2D eigenvalue weighted by molar-refractivity contribution is -0.143. The molecule has 0 saturated heterocycles. The van der Waals surface area contributed by atoms with Gasteiger partial charge in [-0.1, -0.05) is 18.2 Å². The zero-order valence-corrected chi connectivity index (χ0v) is 11.9. The molecule has 21 heavy (non-hydrogen) atoms. The van der Waals surface area contributed by atoms with Crippen LogP contribution < -0.4 is 10.1 Å². The second-order valence-corrected chi connectivity index (χ2v) is 4.31. The predicted molar refractivity (Wildman–Crippen MR) is 77.3 cm³/mol. The van der Waals surface area contributed by atoms with Crippen LogP contribution >= 0.6 is 0 Å². The zero-order valence-electron chi connectivity index (χ0n) is 11.9. The number of aliphatic carboxylic acids is 1. The van der Waals surface area contributed by atoms with E-state index >= 15 is 0 Å². The molecular formula is C15H19NO5. The smallest absolute Gasteiger partial charge is 0.328 e. The Labute approximate surface area is 123 Å². The molecular weight excluding hydrogens is 274 g/mol. The van der Waals surface area contributed by atoms with Gasteiger partial charge in [0.05, 0.1) is 26.7 Å². The fraction of sp³-hybridized carbons (Fsp3) is 0.333. The number of carboxylic acid groups (broad SMARTS) is 1. The Morgan fingerprint density at radius 1 is 1.38 bits per heavy atom. The van der Waals surface area contributed by atoms with E-state index in [1.807, 2.05) is 0 Å². The maximum Gasteiger partial charge on any atom is 0.328 e. The first kappa shape index (κ1) is 16.7. The lowest BCUT2D eigenvalue weighted by atomic mass is 10.1. The second kappa shape index (κ2) is 8.76. The Morgan fingerprint density at radius 3 is 2.57 bits per heavy atom. The molecule has 0 aliphatic rings. The molecule has 0 saturated carbocycles. The highest BCUT2D eigenvalue weighted by Crippen LogP contribution is 2.11. The Kier molecular flexibility index (Phi) is 6.97. The summed E-state index contributed by atoms with van der Waals surface area (Å²) in [6.07, 6.45) is 1.60. The Hall–Kier alpha value is -2.34. The fourth-order valence-electron chi connectivity index (χ4n) is 1.62. The standard InChI is InChI=1S/C15H19NO5/c1-3-8-21-10-13(15(18)19)16-14(17)9-11-4-6-12(20-2)7-5-11/h3-7,13H,1,8-10H2,2H3,(H,16,17)(H,18,19). The van der Waals surface area contributed by atoms with Gasteiger partial charge in [-0.25, -0.2) is 4.79 Å². The zero-order chi connectivity index (χ0) is 15.7. The summed E-state index contributed by atoms with van der Waals surface area (Å²) in [5.41, 5.74) is 0.768. The van der Waals surface area contributed by atoms with E-state index in [1.54, 1.807) is 31.4 Å². The highest BCUT2D eigenvalue weighted by atomic mass is 16.5. The molecule has 1 aromatic carbocycles. The molecule has 0 aliphatic carbocycles. The van der Waals surface area contributed by atoms with Crippen LogP contribution in [0, 0.1) is 0 Å². The molecule has 1 aromatic rings. The second-order valence-electron chi connectivity index (χ2n) is 4.31. The lowest BCUT2D eigenvalue weighted by Crippen LogP contribution is -2.44. The fourth-order valence-corrected chi connectivity index (χ4v) is 1.62. The molecule has 6 nitrogen and oxygen atoms in total. The average Bonchev–Trinajstić information content (AvgIpc) is 2.47. The van der Waals surface area contributed by atoms with Gasteiger partial charge in [-0.3, -0.25) is 4.79 Å². The number of amides is 1. The van der Waals surface area contributed by atoms with Gasteiger partial charge >= 0.3 is 5.97 Å². The number of ether oxygens (including phenoxy) is 2. The first-order valence-corrected chi connectivity index (χ1v) is 6.40. The van der Waals surface area contributed by atoms with Crippen molar-refractivity contribution in [2.45, 2.75) is 12.5 Å². The van der Waals surface area contributed by atoms with Crippen LogP contribution in [-0.4, -0.2) is 43.3 Å². The molecule has 2 N–H and O–H groups in total. The van der Waals surface area contributed by atoms with Crippen LogP contribution in [0.4, 0.5) is 0 Å². The number of hydrogen-bond acceptors (Lipinski definition) is 4. The maximum absolute atomic E-state index is 11.8. The van der Waals surface area contributed by atoms with Crippen molar-refractivity contribution in [2.24, 2.45) is 0 Å². The van der Waals surface area contributed by atoms with Crippen molar-refractivity contribution in [2.75, 3.05) is 20.3 Å². The SMILES string of the molecule is C=CCOCC(NC(=O)Cc1ccc(OC)cc1)C(=O)O. The summed E-state index contributed by atoms with van der Waals surface area (Å²) >= 11 is 0. The molecule has 0 radical (unpaired) electrons. The van der Waals surface area contributed by atoms with Gasteiger partial charge in [-0.15, -0.1) is 6.58 Å². The number of methoxy groups -OCH3 is 1.